The summed E-state index contributed by atoms with van der Waals surface area (Å²) in [4.78, 5) is 27.0. The van der Waals surface area contributed by atoms with E-state index in [4.69, 9.17) is 0 Å². The van der Waals surface area contributed by atoms with Gasteiger partial charge in [-0.3, -0.25) is 14.3 Å². The van der Waals surface area contributed by atoms with Crippen LogP contribution in [0.4, 0.5) is 4.39 Å². The highest BCUT2D eigenvalue weighted by Gasteiger charge is 2.36. The van der Waals surface area contributed by atoms with E-state index in [9.17, 15) is 14.0 Å². The number of rotatable bonds is 3. The Labute approximate surface area is 145 Å². The number of nitrogens with zero attached hydrogens (tertiary/aromatic N) is 3. The molecule has 1 fully saturated rings. The maximum absolute atomic E-state index is 13.2. The number of amides is 2. The van der Waals surface area contributed by atoms with Crippen LogP contribution >= 0.6 is 0 Å². The van der Waals surface area contributed by atoms with Crippen molar-refractivity contribution in [3.8, 4) is 0 Å². The summed E-state index contributed by atoms with van der Waals surface area (Å²) in [5, 5.41) is 7.14. The van der Waals surface area contributed by atoms with Gasteiger partial charge in [0.05, 0.1) is 5.69 Å². The molecule has 0 radical (unpaired) electrons. The smallest absolute Gasteiger partial charge is 0.273 e. The third-order valence-corrected chi connectivity index (χ3v) is 4.37. The highest BCUT2D eigenvalue weighted by atomic mass is 19.1. The van der Waals surface area contributed by atoms with Gasteiger partial charge >= 0.3 is 0 Å². The Morgan fingerprint density at radius 3 is 2.60 bits per heavy atom. The zero-order valence-corrected chi connectivity index (χ0v) is 14.5. The molecule has 1 N–H and O–H groups in total. The molecule has 1 aliphatic rings. The molecule has 1 aromatic heterocycles. The summed E-state index contributed by atoms with van der Waals surface area (Å²) in [6.45, 7) is 4.78. The van der Waals surface area contributed by atoms with E-state index in [1.165, 1.54) is 29.2 Å². The summed E-state index contributed by atoms with van der Waals surface area (Å²) in [7, 11) is 1.72. The number of hydrogen-bond acceptors (Lipinski definition) is 3. The number of carbonyl (C=O) groups excluding carboxylic acids is 2. The lowest BCUT2D eigenvalue weighted by Gasteiger charge is -2.35. The highest BCUT2D eigenvalue weighted by Crippen LogP contribution is 2.26. The molecule has 0 spiro atoms. The number of aryl methyl sites for hydroxylation is 1. The number of carbonyl (C=O) groups is 2. The fourth-order valence-electron chi connectivity index (χ4n) is 2.98. The fourth-order valence-corrected chi connectivity index (χ4v) is 2.98. The lowest BCUT2D eigenvalue weighted by molar-refractivity contribution is -0.128. The monoisotopic (exact) mass is 344 g/mol. The van der Waals surface area contributed by atoms with Gasteiger partial charge in [-0.15, -0.1) is 0 Å². The standard InChI is InChI=1S/C18H21FN4O2/c1-11(2)14-10-15(22(3)21-14)18(25)23-9-8-20-17(24)16(23)12-4-6-13(19)7-5-12/h4-7,10-11,16H,8-9H2,1-3H3,(H,20,24)/t16-/m0/s1. The van der Waals surface area contributed by atoms with Crippen LogP contribution in [0, 0.1) is 5.82 Å². The first-order valence-corrected chi connectivity index (χ1v) is 8.26. The summed E-state index contributed by atoms with van der Waals surface area (Å²) in [5.41, 5.74) is 1.84. The number of hydrogen-bond donors (Lipinski definition) is 1. The molecule has 0 unspecified atom stereocenters. The molecule has 1 saturated heterocycles. The number of nitrogens with one attached hydrogen (secondary N) is 1. The molecule has 6 nitrogen and oxygen atoms in total. The molecular weight excluding hydrogens is 323 g/mol. The zero-order valence-electron chi connectivity index (χ0n) is 14.5. The Hall–Kier alpha value is -2.70. The van der Waals surface area contributed by atoms with Gasteiger partial charge in [-0.2, -0.15) is 5.10 Å². The lowest BCUT2D eigenvalue weighted by Crippen LogP contribution is -2.52. The Balaban J connectivity index is 1.96. The average Bonchev–Trinajstić information content (AvgIpc) is 2.97. The van der Waals surface area contributed by atoms with E-state index in [0.717, 1.165) is 5.69 Å². The molecule has 1 aliphatic heterocycles. The van der Waals surface area contributed by atoms with Crippen LogP contribution in [-0.2, 0) is 11.8 Å². The number of halogens is 1. The van der Waals surface area contributed by atoms with E-state index in [1.807, 2.05) is 13.8 Å². The van der Waals surface area contributed by atoms with Crippen LogP contribution in [0.1, 0.15) is 47.6 Å². The predicted octanol–water partition coefficient (Wildman–Crippen LogP) is 2.00. The average molecular weight is 344 g/mol. The fraction of sp³-hybridized carbons (Fsp3) is 0.389. The van der Waals surface area contributed by atoms with E-state index in [1.54, 1.807) is 17.8 Å². The molecule has 2 aromatic rings. The first-order valence-electron chi connectivity index (χ1n) is 8.26. The third kappa shape index (κ3) is 3.26. The molecule has 2 heterocycles. The Bertz CT molecular complexity index is 798. The van der Waals surface area contributed by atoms with Gasteiger partial charge in [0.25, 0.3) is 5.91 Å². The molecular formula is C18H21FN4O2. The lowest BCUT2D eigenvalue weighted by atomic mass is 10.0. The second-order valence-corrected chi connectivity index (χ2v) is 6.48. The quantitative estimate of drug-likeness (QED) is 0.926. The van der Waals surface area contributed by atoms with E-state index >= 15 is 0 Å². The van der Waals surface area contributed by atoms with Gasteiger partial charge in [0, 0.05) is 20.1 Å². The van der Waals surface area contributed by atoms with Crippen LogP contribution in [0.3, 0.4) is 0 Å². The Kier molecular flexibility index (Phi) is 4.57. The van der Waals surface area contributed by atoms with Gasteiger partial charge in [-0.1, -0.05) is 26.0 Å². The van der Waals surface area contributed by atoms with Crippen LogP contribution in [0.5, 0.6) is 0 Å². The van der Waals surface area contributed by atoms with Crippen LogP contribution in [-0.4, -0.2) is 39.6 Å². The van der Waals surface area contributed by atoms with Gasteiger partial charge in [-0.25, -0.2) is 4.39 Å². The second-order valence-electron chi connectivity index (χ2n) is 6.48. The minimum atomic E-state index is -0.778. The first kappa shape index (κ1) is 17.1. The zero-order chi connectivity index (χ0) is 18.1. The molecule has 3 rings (SSSR count). The van der Waals surface area contributed by atoms with Crippen molar-refractivity contribution in [1.82, 2.24) is 20.0 Å². The van der Waals surface area contributed by atoms with Crippen molar-refractivity contribution in [2.45, 2.75) is 25.8 Å². The highest BCUT2D eigenvalue weighted by molar-refractivity contribution is 5.97. The molecule has 0 aliphatic carbocycles. The number of benzene rings is 1. The Morgan fingerprint density at radius 1 is 1.32 bits per heavy atom. The van der Waals surface area contributed by atoms with E-state index in [0.29, 0.717) is 24.3 Å². The van der Waals surface area contributed by atoms with Crippen LogP contribution in [0.2, 0.25) is 0 Å². The maximum atomic E-state index is 13.2. The molecule has 132 valence electrons. The van der Waals surface area contributed by atoms with Gasteiger partial charge < -0.3 is 10.2 Å². The van der Waals surface area contributed by atoms with Crippen molar-refractivity contribution in [3.05, 3.63) is 53.1 Å². The SMILES string of the molecule is CC(C)c1cc(C(=O)N2CCNC(=O)[C@@H]2c2ccc(F)cc2)n(C)n1. The predicted molar refractivity (Wildman–Crippen MR) is 90.5 cm³/mol. The van der Waals surface area contributed by atoms with Crippen molar-refractivity contribution in [2.75, 3.05) is 13.1 Å². The maximum Gasteiger partial charge on any atom is 0.273 e. The van der Waals surface area contributed by atoms with Gasteiger partial charge in [-0.05, 0) is 29.7 Å². The molecule has 25 heavy (non-hydrogen) atoms. The third-order valence-electron chi connectivity index (χ3n) is 4.37. The largest absolute Gasteiger partial charge is 0.352 e. The van der Waals surface area contributed by atoms with Gasteiger partial charge in [0.1, 0.15) is 17.6 Å². The Morgan fingerprint density at radius 2 is 2.00 bits per heavy atom. The number of aromatic nitrogens is 2. The van der Waals surface area contributed by atoms with Crippen molar-refractivity contribution in [1.29, 1.82) is 0 Å². The van der Waals surface area contributed by atoms with Crippen molar-refractivity contribution in [3.63, 3.8) is 0 Å². The van der Waals surface area contributed by atoms with E-state index < -0.39 is 6.04 Å². The summed E-state index contributed by atoms with van der Waals surface area (Å²) in [5.74, 6) is -0.708. The summed E-state index contributed by atoms with van der Waals surface area (Å²) in [6, 6.07) is 6.64. The van der Waals surface area contributed by atoms with Crippen molar-refractivity contribution in [2.24, 2.45) is 7.05 Å². The van der Waals surface area contributed by atoms with Crippen LogP contribution < -0.4 is 5.32 Å². The van der Waals surface area contributed by atoms with Crippen molar-refractivity contribution < 1.29 is 14.0 Å². The minimum absolute atomic E-state index is 0.199. The molecule has 1 atom stereocenters. The molecule has 7 heteroatoms. The molecule has 0 saturated carbocycles. The first-order chi connectivity index (χ1) is 11.9. The number of piperazine rings is 1. The molecule has 2 amide bonds. The topological polar surface area (TPSA) is 67.2 Å². The van der Waals surface area contributed by atoms with Crippen LogP contribution in [0.25, 0.3) is 0 Å². The van der Waals surface area contributed by atoms with Crippen molar-refractivity contribution >= 4 is 11.8 Å². The normalized spacial score (nSPS) is 17.7. The second kappa shape index (κ2) is 6.66. The molecule has 0 bridgehead atoms. The van der Waals surface area contributed by atoms with Crippen LogP contribution in [0.15, 0.2) is 30.3 Å². The molecule has 1 aromatic carbocycles. The minimum Gasteiger partial charge on any atom is -0.352 e. The summed E-state index contributed by atoms with van der Waals surface area (Å²) >= 11 is 0. The summed E-state index contributed by atoms with van der Waals surface area (Å²) in [6.07, 6.45) is 0. The summed E-state index contributed by atoms with van der Waals surface area (Å²) < 4.78 is 14.8. The van der Waals surface area contributed by atoms with E-state index in [-0.39, 0.29) is 23.5 Å². The van der Waals surface area contributed by atoms with Gasteiger partial charge in [0.15, 0.2) is 0 Å². The van der Waals surface area contributed by atoms with E-state index in [2.05, 4.69) is 10.4 Å². The van der Waals surface area contributed by atoms with Gasteiger partial charge in [0.2, 0.25) is 5.91 Å².